The van der Waals surface area contributed by atoms with E-state index in [0.717, 1.165) is 16.9 Å². The van der Waals surface area contributed by atoms with Gasteiger partial charge >= 0.3 is 12.1 Å². The molecule has 0 radical (unpaired) electrons. The van der Waals surface area contributed by atoms with Gasteiger partial charge in [0.05, 0.1) is 13.7 Å². The van der Waals surface area contributed by atoms with E-state index in [2.05, 4.69) is 0 Å². The van der Waals surface area contributed by atoms with Crippen LogP contribution in [0.4, 0.5) is 4.79 Å². The lowest BCUT2D eigenvalue weighted by atomic mass is 9.95. The number of hydrogen-bond acceptors (Lipinski definition) is 5. The van der Waals surface area contributed by atoms with Crippen molar-refractivity contribution in [3.8, 4) is 5.75 Å². The van der Waals surface area contributed by atoms with Crippen LogP contribution in [0.15, 0.2) is 29.8 Å². The van der Waals surface area contributed by atoms with E-state index >= 15 is 0 Å². The molecule has 0 spiro atoms. The average Bonchev–Trinajstić information content (AvgIpc) is 2.79. The molecule has 2 rings (SSSR count). The van der Waals surface area contributed by atoms with Crippen molar-refractivity contribution >= 4 is 17.6 Å². The SMILES string of the molecule is CCOC(=O)C1=C(c2ccc(OC)cc2)CCN(C(=O)OC(C)(C)C)C(C)C1. The monoisotopic (exact) mass is 389 g/mol. The third-order valence-electron chi connectivity index (χ3n) is 4.59. The number of hydrogen-bond donors (Lipinski definition) is 0. The normalized spacial score (nSPS) is 17.8. The van der Waals surface area contributed by atoms with Crippen LogP contribution in [0.2, 0.25) is 0 Å². The van der Waals surface area contributed by atoms with Crippen LogP contribution in [0.5, 0.6) is 5.75 Å². The van der Waals surface area contributed by atoms with Crippen LogP contribution >= 0.6 is 0 Å². The van der Waals surface area contributed by atoms with E-state index in [1.54, 1.807) is 18.9 Å². The highest BCUT2D eigenvalue weighted by atomic mass is 16.6. The standard InChI is InChI=1S/C22H31NO5/c1-7-27-20(24)19-14-15(2)23(21(25)28-22(3,4)5)13-12-18(19)16-8-10-17(26-6)11-9-16/h8-11,15H,7,12-14H2,1-6H3. The molecule has 1 aromatic carbocycles. The number of amides is 1. The van der Waals surface area contributed by atoms with Gasteiger partial charge in [-0.1, -0.05) is 12.1 Å². The van der Waals surface area contributed by atoms with E-state index < -0.39 is 5.60 Å². The maximum atomic E-state index is 12.7. The summed E-state index contributed by atoms with van der Waals surface area (Å²) in [6.07, 6.45) is 0.600. The zero-order valence-electron chi connectivity index (χ0n) is 17.7. The molecule has 0 bridgehead atoms. The minimum atomic E-state index is -0.570. The first-order valence-electron chi connectivity index (χ1n) is 9.69. The Morgan fingerprint density at radius 2 is 1.82 bits per heavy atom. The van der Waals surface area contributed by atoms with Gasteiger partial charge in [-0.05, 0) is 64.3 Å². The van der Waals surface area contributed by atoms with Gasteiger partial charge in [-0.25, -0.2) is 9.59 Å². The van der Waals surface area contributed by atoms with Crippen LogP contribution < -0.4 is 4.74 Å². The molecule has 1 atom stereocenters. The van der Waals surface area contributed by atoms with E-state index in [0.29, 0.717) is 31.6 Å². The molecule has 0 saturated carbocycles. The molecule has 1 aromatic rings. The summed E-state index contributed by atoms with van der Waals surface area (Å²) in [4.78, 5) is 27.0. The molecular weight excluding hydrogens is 358 g/mol. The number of methoxy groups -OCH3 is 1. The first kappa shape index (κ1) is 21.8. The van der Waals surface area contributed by atoms with Crippen LogP contribution in [0, 0.1) is 0 Å². The molecule has 1 aliphatic heterocycles. The number of carbonyl (C=O) groups excluding carboxylic acids is 2. The summed E-state index contributed by atoms with van der Waals surface area (Å²) in [6, 6.07) is 7.42. The Hall–Kier alpha value is -2.50. The average molecular weight is 389 g/mol. The Balaban J connectivity index is 2.36. The van der Waals surface area contributed by atoms with Crippen molar-refractivity contribution < 1.29 is 23.8 Å². The van der Waals surface area contributed by atoms with Crippen molar-refractivity contribution in [1.29, 1.82) is 0 Å². The fourth-order valence-corrected chi connectivity index (χ4v) is 3.26. The van der Waals surface area contributed by atoms with Gasteiger partial charge in [-0.3, -0.25) is 0 Å². The first-order valence-corrected chi connectivity index (χ1v) is 9.69. The van der Waals surface area contributed by atoms with Crippen molar-refractivity contribution in [2.24, 2.45) is 0 Å². The lowest BCUT2D eigenvalue weighted by Crippen LogP contribution is -2.42. The largest absolute Gasteiger partial charge is 0.497 e. The summed E-state index contributed by atoms with van der Waals surface area (Å²) < 4.78 is 16.1. The van der Waals surface area contributed by atoms with Crippen molar-refractivity contribution in [3.63, 3.8) is 0 Å². The molecule has 1 amide bonds. The molecule has 1 unspecified atom stereocenters. The second kappa shape index (κ2) is 9.13. The van der Waals surface area contributed by atoms with Crippen molar-refractivity contribution in [3.05, 3.63) is 35.4 Å². The molecule has 0 fully saturated rings. The van der Waals surface area contributed by atoms with E-state index in [1.807, 2.05) is 52.0 Å². The molecule has 0 aromatic heterocycles. The Morgan fingerprint density at radius 3 is 2.36 bits per heavy atom. The minimum Gasteiger partial charge on any atom is -0.497 e. The number of esters is 1. The van der Waals surface area contributed by atoms with Gasteiger partial charge in [-0.15, -0.1) is 0 Å². The zero-order chi connectivity index (χ0) is 20.9. The van der Waals surface area contributed by atoms with E-state index in [-0.39, 0.29) is 18.1 Å². The molecule has 1 aliphatic rings. The van der Waals surface area contributed by atoms with Crippen LogP contribution in [0.25, 0.3) is 5.57 Å². The molecule has 0 saturated heterocycles. The molecule has 6 nitrogen and oxygen atoms in total. The van der Waals surface area contributed by atoms with Crippen molar-refractivity contribution in [2.45, 2.75) is 59.1 Å². The summed E-state index contributed by atoms with van der Waals surface area (Å²) in [6.45, 7) is 10.0. The highest BCUT2D eigenvalue weighted by Gasteiger charge is 2.32. The van der Waals surface area contributed by atoms with Crippen molar-refractivity contribution in [1.82, 2.24) is 4.90 Å². The Labute approximate surface area is 167 Å². The van der Waals surface area contributed by atoms with Crippen LogP contribution in [-0.2, 0) is 14.3 Å². The van der Waals surface area contributed by atoms with E-state index in [9.17, 15) is 9.59 Å². The highest BCUT2D eigenvalue weighted by molar-refractivity contribution is 5.98. The zero-order valence-corrected chi connectivity index (χ0v) is 17.7. The van der Waals surface area contributed by atoms with Crippen molar-refractivity contribution in [2.75, 3.05) is 20.3 Å². The third-order valence-corrected chi connectivity index (χ3v) is 4.59. The summed E-state index contributed by atoms with van der Waals surface area (Å²) in [7, 11) is 1.62. The Kier molecular flexibility index (Phi) is 7.11. The van der Waals surface area contributed by atoms with Gasteiger partial charge in [0.1, 0.15) is 11.4 Å². The molecule has 1 heterocycles. The lowest BCUT2D eigenvalue weighted by molar-refractivity contribution is -0.138. The Morgan fingerprint density at radius 1 is 1.18 bits per heavy atom. The summed E-state index contributed by atoms with van der Waals surface area (Å²) in [5.74, 6) is 0.422. The quantitative estimate of drug-likeness (QED) is 0.713. The second-order valence-electron chi connectivity index (χ2n) is 7.88. The minimum absolute atomic E-state index is 0.176. The lowest BCUT2D eigenvalue weighted by Gasteiger charge is -2.30. The number of benzene rings is 1. The van der Waals surface area contributed by atoms with Gasteiger partial charge in [-0.2, -0.15) is 0 Å². The van der Waals surface area contributed by atoms with Gasteiger partial charge in [0.25, 0.3) is 0 Å². The maximum absolute atomic E-state index is 12.7. The molecular formula is C22H31NO5. The Bertz CT molecular complexity index is 730. The van der Waals surface area contributed by atoms with Gasteiger partial charge in [0, 0.05) is 24.6 Å². The smallest absolute Gasteiger partial charge is 0.410 e. The van der Waals surface area contributed by atoms with E-state index in [1.165, 1.54) is 0 Å². The fraction of sp³-hybridized carbons (Fsp3) is 0.545. The first-order chi connectivity index (χ1) is 13.2. The predicted octanol–water partition coefficient (Wildman–Crippen LogP) is 4.43. The molecule has 154 valence electrons. The number of ether oxygens (including phenoxy) is 3. The molecule has 0 N–H and O–H groups in total. The molecule has 0 aliphatic carbocycles. The molecule has 28 heavy (non-hydrogen) atoms. The highest BCUT2D eigenvalue weighted by Crippen LogP contribution is 2.32. The fourth-order valence-electron chi connectivity index (χ4n) is 3.26. The van der Waals surface area contributed by atoms with Crippen LogP contribution in [0.3, 0.4) is 0 Å². The second-order valence-corrected chi connectivity index (χ2v) is 7.88. The van der Waals surface area contributed by atoms with E-state index in [4.69, 9.17) is 14.2 Å². The summed E-state index contributed by atoms with van der Waals surface area (Å²) in [5.41, 5.74) is 1.88. The van der Waals surface area contributed by atoms with Gasteiger partial charge < -0.3 is 19.1 Å². The summed E-state index contributed by atoms with van der Waals surface area (Å²) >= 11 is 0. The number of rotatable bonds is 4. The number of nitrogens with zero attached hydrogens (tertiary/aromatic N) is 1. The predicted molar refractivity (Wildman–Crippen MR) is 108 cm³/mol. The van der Waals surface area contributed by atoms with Gasteiger partial charge in [0.2, 0.25) is 0 Å². The number of carbonyl (C=O) groups is 2. The van der Waals surface area contributed by atoms with Crippen LogP contribution in [-0.4, -0.2) is 48.9 Å². The third kappa shape index (κ3) is 5.50. The van der Waals surface area contributed by atoms with Gasteiger partial charge in [0.15, 0.2) is 0 Å². The summed E-state index contributed by atoms with van der Waals surface area (Å²) in [5, 5.41) is 0. The van der Waals surface area contributed by atoms with Crippen LogP contribution in [0.1, 0.15) is 53.0 Å². The molecule has 6 heteroatoms. The maximum Gasteiger partial charge on any atom is 0.410 e. The topological polar surface area (TPSA) is 65.1 Å².